The van der Waals surface area contributed by atoms with E-state index >= 15 is 0 Å². The van der Waals surface area contributed by atoms with E-state index in [1.807, 2.05) is 37.3 Å². The molecule has 2 aromatic rings. The molecule has 0 atom stereocenters. The number of ether oxygens (including phenoxy) is 2. The van der Waals surface area contributed by atoms with Crippen molar-refractivity contribution in [3.05, 3.63) is 64.7 Å². The largest absolute Gasteiger partial charge is 0.467 e. The van der Waals surface area contributed by atoms with Gasteiger partial charge in [0.25, 0.3) is 0 Å². The molecule has 2 heterocycles. The number of aryl methyl sites for hydroxylation is 1. The molecule has 4 nitrogen and oxygen atoms in total. The summed E-state index contributed by atoms with van der Waals surface area (Å²) in [5.41, 5.74) is 6.65. The first-order valence-corrected chi connectivity index (χ1v) is 10.0. The Morgan fingerprint density at radius 3 is 2.64 bits per heavy atom. The van der Waals surface area contributed by atoms with Crippen LogP contribution in [0.1, 0.15) is 46.8 Å². The van der Waals surface area contributed by atoms with Crippen LogP contribution >= 0.6 is 0 Å². The maximum Gasteiger partial charge on any atom is 0.188 e. The summed E-state index contributed by atoms with van der Waals surface area (Å²) in [7, 11) is 1.64. The molecule has 0 spiro atoms. The predicted octanol–water partition coefficient (Wildman–Crippen LogP) is 4.65. The molecule has 0 N–H and O–H groups in total. The Morgan fingerprint density at radius 1 is 1.14 bits per heavy atom. The van der Waals surface area contributed by atoms with Crippen LogP contribution in [-0.2, 0) is 17.6 Å². The van der Waals surface area contributed by atoms with E-state index in [4.69, 9.17) is 9.47 Å². The van der Waals surface area contributed by atoms with Gasteiger partial charge in [0.15, 0.2) is 12.6 Å². The molecule has 0 aliphatic carbocycles. The third-order valence-corrected chi connectivity index (χ3v) is 5.62. The second kappa shape index (κ2) is 8.19. The van der Waals surface area contributed by atoms with Gasteiger partial charge in [-0.2, -0.15) is 0 Å². The van der Waals surface area contributed by atoms with E-state index in [0.717, 1.165) is 49.2 Å². The fourth-order valence-corrected chi connectivity index (χ4v) is 4.37. The van der Waals surface area contributed by atoms with E-state index in [1.165, 1.54) is 23.2 Å². The first kappa shape index (κ1) is 18.8. The summed E-state index contributed by atoms with van der Waals surface area (Å²) in [5.74, 6) is 0.894. The van der Waals surface area contributed by atoms with Gasteiger partial charge in [0.1, 0.15) is 5.75 Å². The number of anilines is 1. The maximum absolute atomic E-state index is 12.7. The highest BCUT2D eigenvalue weighted by Crippen LogP contribution is 2.44. The van der Waals surface area contributed by atoms with Gasteiger partial charge in [0.2, 0.25) is 0 Å². The first-order chi connectivity index (χ1) is 13.7. The summed E-state index contributed by atoms with van der Waals surface area (Å²) in [4.78, 5) is 15.2. The van der Waals surface area contributed by atoms with Crippen LogP contribution in [-0.4, -0.2) is 32.8 Å². The van der Waals surface area contributed by atoms with Gasteiger partial charge in [0.05, 0.1) is 0 Å². The Hall–Kier alpha value is -2.59. The minimum absolute atomic E-state index is 0.0174. The van der Waals surface area contributed by atoms with E-state index in [2.05, 4.69) is 11.0 Å². The van der Waals surface area contributed by atoms with Crippen molar-refractivity contribution in [1.29, 1.82) is 0 Å². The third-order valence-electron chi connectivity index (χ3n) is 5.62. The number of benzene rings is 2. The van der Waals surface area contributed by atoms with Gasteiger partial charge in [-0.1, -0.05) is 30.3 Å². The molecule has 0 bridgehead atoms. The van der Waals surface area contributed by atoms with Crippen LogP contribution < -0.4 is 9.64 Å². The van der Waals surface area contributed by atoms with Crippen LogP contribution in [0.15, 0.2) is 42.5 Å². The Balaban J connectivity index is 1.79. The van der Waals surface area contributed by atoms with Crippen LogP contribution in [0, 0.1) is 0 Å². The van der Waals surface area contributed by atoms with Crippen LogP contribution in [0.4, 0.5) is 5.69 Å². The van der Waals surface area contributed by atoms with Crippen LogP contribution in [0.3, 0.4) is 0 Å². The molecule has 0 fully saturated rings. The number of allylic oxidation sites excluding steroid dienone is 2. The molecule has 0 saturated carbocycles. The van der Waals surface area contributed by atoms with Gasteiger partial charge in [-0.15, -0.1) is 0 Å². The molecule has 0 amide bonds. The molecule has 2 aliphatic heterocycles. The smallest absolute Gasteiger partial charge is 0.188 e. The quantitative estimate of drug-likeness (QED) is 0.417. The van der Waals surface area contributed by atoms with Crippen LogP contribution in [0.2, 0.25) is 0 Å². The zero-order valence-electron chi connectivity index (χ0n) is 16.7. The first-order valence-electron chi connectivity index (χ1n) is 10.0. The lowest BCUT2D eigenvalue weighted by atomic mass is 9.87. The summed E-state index contributed by atoms with van der Waals surface area (Å²) >= 11 is 0. The molecule has 4 rings (SSSR count). The zero-order valence-corrected chi connectivity index (χ0v) is 16.7. The maximum atomic E-state index is 12.7. The number of nitrogens with zero attached hydrogens (tertiary/aromatic N) is 1. The Labute approximate surface area is 166 Å². The summed E-state index contributed by atoms with van der Waals surface area (Å²) in [6, 6.07) is 11.6. The van der Waals surface area contributed by atoms with Gasteiger partial charge in [-0.3, -0.25) is 4.79 Å². The average molecular weight is 377 g/mol. The fourth-order valence-electron chi connectivity index (χ4n) is 4.37. The van der Waals surface area contributed by atoms with Gasteiger partial charge in [-0.25, -0.2) is 0 Å². The van der Waals surface area contributed by atoms with Crippen molar-refractivity contribution in [1.82, 2.24) is 0 Å². The fraction of sp³-hybridized carbons (Fsp3) is 0.375. The molecular formula is C24H27NO3. The minimum atomic E-state index is 0.0174. The normalized spacial score (nSPS) is 15.9. The Morgan fingerprint density at radius 2 is 1.89 bits per heavy atom. The molecule has 2 aromatic carbocycles. The number of ketones is 1. The minimum Gasteiger partial charge on any atom is -0.467 e. The van der Waals surface area contributed by atoms with Crippen LogP contribution in [0.5, 0.6) is 5.75 Å². The second-order valence-electron chi connectivity index (χ2n) is 7.54. The molecule has 2 aliphatic rings. The second-order valence-corrected chi connectivity index (χ2v) is 7.54. The van der Waals surface area contributed by atoms with Crippen molar-refractivity contribution < 1.29 is 14.3 Å². The standard InChI is InChI=1S/C24H27NO3/c1-17(14-22(26)18-8-4-3-5-9-18)21-15-19-10-6-12-25-13-7-11-20(23(19)25)24(21)28-16-27-2/h3-5,8-9,14-15H,6-7,10-13,16H2,1-2H3/b17-14-. The molecule has 146 valence electrons. The van der Waals surface area contributed by atoms with Gasteiger partial charge in [0, 0.05) is 42.6 Å². The van der Waals surface area contributed by atoms with Crippen LogP contribution in [0.25, 0.3) is 5.57 Å². The van der Waals surface area contributed by atoms with E-state index in [1.54, 1.807) is 13.2 Å². The van der Waals surface area contributed by atoms with Crippen molar-refractivity contribution in [3.8, 4) is 5.75 Å². The van der Waals surface area contributed by atoms with Gasteiger partial charge < -0.3 is 14.4 Å². The lowest BCUT2D eigenvalue weighted by Crippen LogP contribution is -2.35. The molecule has 0 unspecified atom stereocenters. The number of carbonyl (C=O) groups is 1. The molecule has 0 aromatic heterocycles. The topological polar surface area (TPSA) is 38.8 Å². The monoisotopic (exact) mass is 377 g/mol. The summed E-state index contributed by atoms with van der Waals surface area (Å²) in [5, 5.41) is 0. The number of carbonyl (C=O) groups excluding carboxylic acids is 1. The highest BCUT2D eigenvalue weighted by Gasteiger charge is 2.29. The lowest BCUT2D eigenvalue weighted by Gasteiger charge is -2.38. The number of methoxy groups -OCH3 is 1. The average Bonchev–Trinajstić information content (AvgIpc) is 2.73. The van der Waals surface area contributed by atoms with Crippen molar-refractivity contribution in [3.63, 3.8) is 0 Å². The van der Waals surface area contributed by atoms with Crippen molar-refractivity contribution >= 4 is 17.0 Å². The number of rotatable bonds is 6. The van der Waals surface area contributed by atoms with Gasteiger partial charge >= 0.3 is 0 Å². The third kappa shape index (κ3) is 3.57. The summed E-state index contributed by atoms with van der Waals surface area (Å²) < 4.78 is 11.3. The van der Waals surface area contributed by atoms with Crippen molar-refractivity contribution in [2.45, 2.75) is 32.6 Å². The Bertz CT molecular complexity index is 900. The van der Waals surface area contributed by atoms with Gasteiger partial charge in [-0.05, 0) is 55.9 Å². The van der Waals surface area contributed by atoms with Crippen molar-refractivity contribution in [2.24, 2.45) is 0 Å². The van der Waals surface area contributed by atoms with Crippen molar-refractivity contribution in [2.75, 3.05) is 31.9 Å². The lowest BCUT2D eigenvalue weighted by molar-refractivity contribution is 0.0501. The molecular weight excluding hydrogens is 350 g/mol. The van der Waals surface area contributed by atoms with E-state index in [-0.39, 0.29) is 12.6 Å². The molecule has 28 heavy (non-hydrogen) atoms. The number of hydrogen-bond acceptors (Lipinski definition) is 4. The Kier molecular flexibility index (Phi) is 5.49. The SMILES string of the molecule is COCOc1c(/C(C)=C\C(=O)c2ccccc2)cc2c3c1CCCN3CCC2. The highest BCUT2D eigenvalue weighted by atomic mass is 16.7. The number of hydrogen-bond donors (Lipinski definition) is 0. The predicted molar refractivity (Wildman–Crippen MR) is 112 cm³/mol. The zero-order chi connectivity index (χ0) is 19.5. The molecule has 0 saturated heterocycles. The van der Waals surface area contributed by atoms with E-state index < -0.39 is 0 Å². The molecule has 4 heteroatoms. The summed E-state index contributed by atoms with van der Waals surface area (Å²) in [6.45, 7) is 4.44. The van der Waals surface area contributed by atoms with E-state index in [9.17, 15) is 4.79 Å². The highest BCUT2D eigenvalue weighted by molar-refractivity contribution is 6.08. The van der Waals surface area contributed by atoms with E-state index in [0.29, 0.717) is 5.56 Å². The summed E-state index contributed by atoms with van der Waals surface area (Å²) in [6.07, 6.45) is 6.12. The molecule has 0 radical (unpaired) electrons.